The summed E-state index contributed by atoms with van der Waals surface area (Å²) in [7, 11) is 0. The van der Waals surface area contributed by atoms with Gasteiger partial charge in [0.25, 0.3) is 0 Å². The summed E-state index contributed by atoms with van der Waals surface area (Å²) in [5.74, 6) is 1.71. The molecule has 1 aliphatic rings. The molecular weight excluding hydrogens is 312 g/mol. The van der Waals surface area contributed by atoms with E-state index in [4.69, 9.17) is 4.74 Å². The monoisotopic (exact) mass is 336 g/mol. The van der Waals surface area contributed by atoms with E-state index >= 15 is 0 Å². The lowest BCUT2D eigenvalue weighted by Crippen LogP contribution is -2.39. The Labute approximate surface area is 149 Å². The van der Waals surface area contributed by atoms with Crippen molar-refractivity contribution in [1.29, 1.82) is 5.26 Å². The second-order valence-electron chi connectivity index (χ2n) is 6.75. The minimum atomic E-state index is 0.195. The Morgan fingerprint density at radius 3 is 2.32 bits per heavy atom. The van der Waals surface area contributed by atoms with Crippen LogP contribution in [0.5, 0.6) is 5.75 Å². The van der Waals surface area contributed by atoms with Gasteiger partial charge in [-0.3, -0.25) is 0 Å². The van der Waals surface area contributed by atoms with E-state index in [1.165, 1.54) is 11.1 Å². The van der Waals surface area contributed by atoms with E-state index in [-0.39, 0.29) is 6.10 Å². The number of ether oxygens (including phenoxy) is 1. The Morgan fingerprint density at radius 2 is 1.72 bits per heavy atom. The molecule has 1 fully saturated rings. The van der Waals surface area contributed by atoms with Crippen molar-refractivity contribution in [3.63, 3.8) is 0 Å². The number of rotatable bonds is 3. The molecule has 0 saturated carbocycles. The molecule has 0 aliphatic carbocycles. The number of nitrogens with zero attached hydrogens (tertiary/aromatic N) is 4. The minimum Gasteiger partial charge on any atom is -0.490 e. The van der Waals surface area contributed by atoms with Crippen LogP contribution in [0, 0.1) is 39.0 Å². The number of aromatic nitrogens is 2. The Morgan fingerprint density at radius 1 is 1.08 bits per heavy atom. The number of piperidine rings is 1. The lowest BCUT2D eigenvalue weighted by atomic mass is 10.0. The first-order chi connectivity index (χ1) is 12.0. The maximum atomic E-state index is 9.49. The van der Waals surface area contributed by atoms with Crippen LogP contribution in [-0.4, -0.2) is 29.4 Å². The van der Waals surface area contributed by atoms with E-state index in [9.17, 15) is 5.26 Å². The average molecular weight is 336 g/mol. The highest BCUT2D eigenvalue weighted by atomic mass is 16.5. The summed E-state index contributed by atoms with van der Waals surface area (Å²) in [6.07, 6.45) is 2.02. The molecule has 2 heterocycles. The van der Waals surface area contributed by atoms with E-state index in [0.29, 0.717) is 11.4 Å². The van der Waals surface area contributed by atoms with Crippen molar-refractivity contribution in [3.8, 4) is 11.8 Å². The van der Waals surface area contributed by atoms with Gasteiger partial charge in [-0.25, -0.2) is 0 Å². The summed E-state index contributed by atoms with van der Waals surface area (Å²) in [6.45, 7) is 9.63. The summed E-state index contributed by atoms with van der Waals surface area (Å²) in [6, 6.07) is 8.52. The molecule has 0 bridgehead atoms. The summed E-state index contributed by atoms with van der Waals surface area (Å²) < 4.78 is 6.27. The predicted octanol–water partition coefficient (Wildman–Crippen LogP) is 3.63. The molecule has 5 nitrogen and oxygen atoms in total. The Balaban J connectivity index is 1.71. The second-order valence-corrected chi connectivity index (χ2v) is 6.75. The third-order valence-corrected chi connectivity index (χ3v) is 4.98. The van der Waals surface area contributed by atoms with E-state index in [2.05, 4.69) is 53.2 Å². The van der Waals surface area contributed by atoms with Gasteiger partial charge in [0.15, 0.2) is 5.82 Å². The van der Waals surface area contributed by atoms with Crippen LogP contribution in [0.2, 0.25) is 0 Å². The number of hydrogen-bond donors (Lipinski definition) is 0. The molecule has 25 heavy (non-hydrogen) atoms. The molecule has 0 N–H and O–H groups in total. The zero-order chi connectivity index (χ0) is 18.0. The van der Waals surface area contributed by atoms with E-state index in [1.807, 2.05) is 13.8 Å². The molecule has 0 amide bonds. The molecule has 0 atom stereocenters. The molecule has 1 aliphatic heterocycles. The van der Waals surface area contributed by atoms with Crippen LogP contribution in [0.3, 0.4) is 0 Å². The molecule has 130 valence electrons. The normalized spacial score (nSPS) is 15.1. The van der Waals surface area contributed by atoms with Gasteiger partial charge >= 0.3 is 0 Å². The number of aryl methyl sites for hydroxylation is 3. The van der Waals surface area contributed by atoms with Crippen LogP contribution in [0.1, 0.15) is 40.8 Å². The van der Waals surface area contributed by atoms with Gasteiger partial charge in [-0.1, -0.05) is 18.2 Å². The van der Waals surface area contributed by atoms with Crippen LogP contribution in [0.25, 0.3) is 0 Å². The van der Waals surface area contributed by atoms with Crippen LogP contribution in [0.15, 0.2) is 18.2 Å². The average Bonchev–Trinajstić information content (AvgIpc) is 2.61. The second kappa shape index (κ2) is 7.10. The van der Waals surface area contributed by atoms with Crippen molar-refractivity contribution >= 4 is 5.82 Å². The number of nitriles is 1. The quantitative estimate of drug-likeness (QED) is 0.856. The summed E-state index contributed by atoms with van der Waals surface area (Å²) in [4.78, 5) is 2.16. The fourth-order valence-electron chi connectivity index (χ4n) is 3.29. The SMILES string of the molecule is Cc1cccc(C)c1OC1CCN(c2nnc(C)c(C)c2C#N)CC1. The maximum absolute atomic E-state index is 9.49. The molecule has 1 aromatic heterocycles. The summed E-state index contributed by atoms with van der Waals surface area (Å²) >= 11 is 0. The number of hydrogen-bond acceptors (Lipinski definition) is 5. The fourth-order valence-corrected chi connectivity index (χ4v) is 3.29. The van der Waals surface area contributed by atoms with Gasteiger partial charge in [0.05, 0.1) is 5.69 Å². The highest BCUT2D eigenvalue weighted by molar-refractivity contribution is 5.57. The third kappa shape index (κ3) is 3.43. The molecular formula is C20H24N4O. The largest absolute Gasteiger partial charge is 0.490 e. The molecule has 1 saturated heterocycles. The fraction of sp³-hybridized carbons (Fsp3) is 0.450. The van der Waals surface area contributed by atoms with Crippen molar-refractivity contribution in [3.05, 3.63) is 46.1 Å². The first-order valence-corrected chi connectivity index (χ1v) is 8.73. The third-order valence-electron chi connectivity index (χ3n) is 4.98. The molecule has 5 heteroatoms. The van der Waals surface area contributed by atoms with Gasteiger partial charge in [-0.05, 0) is 44.4 Å². The van der Waals surface area contributed by atoms with Crippen molar-refractivity contribution in [2.45, 2.75) is 46.6 Å². The molecule has 0 radical (unpaired) electrons. The standard InChI is InChI=1S/C20H24N4O/c1-13-6-5-7-14(2)19(13)25-17-8-10-24(11-9-17)20-18(12-21)15(3)16(4)22-23-20/h5-7,17H,8-11H2,1-4H3. The Kier molecular flexibility index (Phi) is 4.89. The van der Waals surface area contributed by atoms with Gasteiger partial charge in [0.2, 0.25) is 0 Å². The number of benzene rings is 1. The zero-order valence-corrected chi connectivity index (χ0v) is 15.3. The first kappa shape index (κ1) is 17.2. The molecule has 0 spiro atoms. The number of anilines is 1. The minimum absolute atomic E-state index is 0.195. The maximum Gasteiger partial charge on any atom is 0.169 e. The lowest BCUT2D eigenvalue weighted by Gasteiger charge is -2.33. The van der Waals surface area contributed by atoms with Crippen LogP contribution < -0.4 is 9.64 Å². The van der Waals surface area contributed by atoms with Gasteiger partial charge < -0.3 is 9.64 Å². The molecule has 3 rings (SSSR count). The van der Waals surface area contributed by atoms with Gasteiger partial charge in [0.1, 0.15) is 23.5 Å². The molecule has 2 aromatic rings. The van der Waals surface area contributed by atoms with E-state index in [0.717, 1.165) is 42.9 Å². The van der Waals surface area contributed by atoms with Crippen molar-refractivity contribution in [2.75, 3.05) is 18.0 Å². The number of para-hydroxylation sites is 1. The molecule has 0 unspecified atom stereocenters. The highest BCUT2D eigenvalue weighted by Gasteiger charge is 2.25. The Hall–Kier alpha value is -2.61. The Bertz CT molecular complexity index is 797. The smallest absolute Gasteiger partial charge is 0.169 e. The zero-order valence-electron chi connectivity index (χ0n) is 15.3. The van der Waals surface area contributed by atoms with Crippen molar-refractivity contribution < 1.29 is 4.74 Å². The highest BCUT2D eigenvalue weighted by Crippen LogP contribution is 2.28. The van der Waals surface area contributed by atoms with Gasteiger partial charge in [-0.15, -0.1) is 5.10 Å². The summed E-state index contributed by atoms with van der Waals surface area (Å²) in [5, 5.41) is 18.0. The topological polar surface area (TPSA) is 62.0 Å². The predicted molar refractivity (Wildman–Crippen MR) is 98.0 cm³/mol. The first-order valence-electron chi connectivity index (χ1n) is 8.73. The van der Waals surface area contributed by atoms with Gasteiger partial charge in [0, 0.05) is 25.9 Å². The van der Waals surface area contributed by atoms with E-state index in [1.54, 1.807) is 0 Å². The lowest BCUT2D eigenvalue weighted by molar-refractivity contribution is 0.168. The summed E-state index contributed by atoms with van der Waals surface area (Å²) in [5.41, 5.74) is 4.72. The van der Waals surface area contributed by atoms with Gasteiger partial charge in [-0.2, -0.15) is 10.4 Å². The van der Waals surface area contributed by atoms with Crippen LogP contribution in [0.4, 0.5) is 5.82 Å². The van der Waals surface area contributed by atoms with Crippen LogP contribution >= 0.6 is 0 Å². The van der Waals surface area contributed by atoms with E-state index < -0.39 is 0 Å². The van der Waals surface area contributed by atoms with Crippen molar-refractivity contribution in [2.24, 2.45) is 0 Å². The van der Waals surface area contributed by atoms with Crippen LogP contribution in [-0.2, 0) is 0 Å². The van der Waals surface area contributed by atoms with Crippen molar-refractivity contribution in [1.82, 2.24) is 10.2 Å². The molecule has 1 aromatic carbocycles.